The zero-order valence-electron chi connectivity index (χ0n) is 15.6. The van der Waals surface area contributed by atoms with E-state index in [4.69, 9.17) is 4.74 Å². The fourth-order valence-electron chi connectivity index (χ4n) is 3.78. The molecule has 1 fully saturated rings. The van der Waals surface area contributed by atoms with Crippen LogP contribution >= 0.6 is 0 Å². The van der Waals surface area contributed by atoms with Gasteiger partial charge >= 0.3 is 0 Å². The molecule has 148 valence electrons. The Morgan fingerprint density at radius 2 is 1.71 bits per heavy atom. The summed E-state index contributed by atoms with van der Waals surface area (Å²) in [4.78, 5) is 12.8. The summed E-state index contributed by atoms with van der Waals surface area (Å²) in [7, 11) is -3.43. The van der Waals surface area contributed by atoms with E-state index in [1.54, 1.807) is 30.3 Å². The summed E-state index contributed by atoms with van der Waals surface area (Å²) in [5, 5.41) is 2.98. The van der Waals surface area contributed by atoms with E-state index in [-0.39, 0.29) is 11.8 Å². The van der Waals surface area contributed by atoms with E-state index in [0.717, 1.165) is 24.2 Å². The fraction of sp³-hybridized carbons (Fsp3) is 0.381. The summed E-state index contributed by atoms with van der Waals surface area (Å²) in [5.41, 5.74) is 1.06. The zero-order chi connectivity index (χ0) is 19.6. The van der Waals surface area contributed by atoms with Gasteiger partial charge in [-0.3, -0.25) is 4.79 Å². The highest BCUT2D eigenvalue weighted by Crippen LogP contribution is 2.28. The highest BCUT2D eigenvalue weighted by atomic mass is 32.2. The maximum absolute atomic E-state index is 12.7. The Labute approximate surface area is 165 Å². The van der Waals surface area contributed by atoms with Crippen LogP contribution in [0.15, 0.2) is 59.5 Å². The molecule has 2 aliphatic rings. The molecule has 28 heavy (non-hydrogen) atoms. The standard InChI is InChI=1S/C21H24N2O4S/c24-21(20-14-17-6-4-5-9-19(17)27-20)22-15-16-10-12-23(13-11-16)28(25,26)18-7-2-1-3-8-18/h1-9,16,20H,10-15H2,(H,22,24)/t20-/m1/s1. The molecule has 2 aromatic rings. The van der Waals surface area contributed by atoms with E-state index in [1.165, 1.54) is 4.31 Å². The number of rotatable bonds is 5. The van der Waals surface area contributed by atoms with Crippen molar-refractivity contribution < 1.29 is 17.9 Å². The van der Waals surface area contributed by atoms with Crippen molar-refractivity contribution in [2.24, 2.45) is 5.92 Å². The maximum atomic E-state index is 12.7. The first-order valence-corrected chi connectivity index (χ1v) is 11.1. The number of benzene rings is 2. The second-order valence-corrected chi connectivity index (χ2v) is 9.26. The summed E-state index contributed by atoms with van der Waals surface area (Å²) < 4.78 is 32.6. The number of piperidine rings is 1. The van der Waals surface area contributed by atoms with Crippen LogP contribution in [-0.2, 0) is 21.2 Å². The minimum Gasteiger partial charge on any atom is -0.480 e. The van der Waals surface area contributed by atoms with Gasteiger partial charge < -0.3 is 10.1 Å². The molecule has 0 aliphatic carbocycles. The topological polar surface area (TPSA) is 75.7 Å². The fourth-order valence-corrected chi connectivity index (χ4v) is 5.27. The molecule has 1 N–H and O–H groups in total. The molecule has 0 unspecified atom stereocenters. The molecule has 2 heterocycles. The summed E-state index contributed by atoms with van der Waals surface area (Å²) in [6.07, 6.45) is 1.59. The number of ether oxygens (including phenoxy) is 1. The van der Waals surface area contributed by atoms with Crippen LogP contribution in [0.3, 0.4) is 0 Å². The molecule has 0 radical (unpaired) electrons. The van der Waals surface area contributed by atoms with Gasteiger partial charge in [-0.2, -0.15) is 4.31 Å². The second kappa shape index (κ2) is 7.93. The lowest BCUT2D eigenvalue weighted by molar-refractivity contribution is -0.127. The third kappa shape index (κ3) is 3.91. The minimum absolute atomic E-state index is 0.101. The van der Waals surface area contributed by atoms with Crippen molar-refractivity contribution >= 4 is 15.9 Å². The molecule has 6 nitrogen and oxygen atoms in total. The predicted molar refractivity (Wildman–Crippen MR) is 105 cm³/mol. The number of hydrogen-bond acceptors (Lipinski definition) is 4. The third-order valence-corrected chi connectivity index (χ3v) is 7.37. The summed E-state index contributed by atoms with van der Waals surface area (Å²) in [5.74, 6) is 0.951. The average Bonchev–Trinajstić information content (AvgIpc) is 3.17. The molecule has 0 aromatic heterocycles. The van der Waals surface area contributed by atoms with E-state index in [2.05, 4.69) is 5.32 Å². The van der Waals surface area contributed by atoms with Crippen LogP contribution in [0.4, 0.5) is 0 Å². The average molecular weight is 401 g/mol. The van der Waals surface area contributed by atoms with Gasteiger partial charge in [0.25, 0.3) is 5.91 Å². The van der Waals surface area contributed by atoms with Gasteiger partial charge in [0, 0.05) is 26.1 Å². The SMILES string of the molecule is O=C(NCC1CCN(S(=O)(=O)c2ccccc2)CC1)[C@H]1Cc2ccccc2O1. The van der Waals surface area contributed by atoms with Gasteiger partial charge in [-0.05, 0) is 42.5 Å². The van der Waals surface area contributed by atoms with E-state index in [9.17, 15) is 13.2 Å². The van der Waals surface area contributed by atoms with Crippen LogP contribution in [0.25, 0.3) is 0 Å². The molecule has 0 saturated carbocycles. The molecule has 2 aliphatic heterocycles. The number of sulfonamides is 1. The molecule has 1 saturated heterocycles. The molecule has 1 atom stereocenters. The largest absolute Gasteiger partial charge is 0.480 e. The number of para-hydroxylation sites is 1. The Hall–Kier alpha value is -2.38. The molecule has 4 rings (SSSR count). The van der Waals surface area contributed by atoms with E-state index in [1.807, 2.05) is 24.3 Å². The Bertz CT molecular complexity index is 913. The summed E-state index contributed by atoms with van der Waals surface area (Å²) in [6.45, 7) is 1.50. The van der Waals surface area contributed by atoms with Gasteiger partial charge in [0.15, 0.2) is 6.10 Å². The third-order valence-electron chi connectivity index (χ3n) is 5.46. The highest BCUT2D eigenvalue weighted by molar-refractivity contribution is 7.89. The predicted octanol–water partition coefficient (Wildman–Crippen LogP) is 2.21. The van der Waals surface area contributed by atoms with Crippen molar-refractivity contribution in [3.05, 3.63) is 60.2 Å². The molecule has 1 amide bonds. The zero-order valence-corrected chi connectivity index (χ0v) is 16.4. The Kier molecular flexibility index (Phi) is 5.37. The quantitative estimate of drug-likeness (QED) is 0.835. The monoisotopic (exact) mass is 400 g/mol. The van der Waals surface area contributed by atoms with Gasteiger partial charge in [-0.1, -0.05) is 36.4 Å². The van der Waals surface area contributed by atoms with Crippen molar-refractivity contribution in [3.63, 3.8) is 0 Å². The van der Waals surface area contributed by atoms with Crippen molar-refractivity contribution in [2.45, 2.75) is 30.3 Å². The molecule has 7 heteroatoms. The van der Waals surface area contributed by atoms with Crippen molar-refractivity contribution in [1.29, 1.82) is 0 Å². The number of amides is 1. The van der Waals surface area contributed by atoms with E-state index in [0.29, 0.717) is 31.0 Å². The van der Waals surface area contributed by atoms with Crippen LogP contribution in [0.2, 0.25) is 0 Å². The summed E-state index contributed by atoms with van der Waals surface area (Å²) in [6, 6.07) is 16.2. The lowest BCUT2D eigenvalue weighted by Gasteiger charge is -2.31. The molecular formula is C21H24N2O4S. The Morgan fingerprint density at radius 3 is 2.43 bits per heavy atom. The lowest BCUT2D eigenvalue weighted by Crippen LogP contribution is -2.44. The van der Waals surface area contributed by atoms with E-state index >= 15 is 0 Å². The van der Waals surface area contributed by atoms with Crippen LogP contribution < -0.4 is 10.1 Å². The smallest absolute Gasteiger partial charge is 0.261 e. The van der Waals surface area contributed by atoms with Gasteiger partial charge in [0.05, 0.1) is 4.90 Å². The number of nitrogens with one attached hydrogen (secondary N) is 1. The Morgan fingerprint density at radius 1 is 1.04 bits per heavy atom. The number of carbonyl (C=O) groups is 1. The second-order valence-electron chi connectivity index (χ2n) is 7.32. The highest BCUT2D eigenvalue weighted by Gasteiger charge is 2.31. The van der Waals surface area contributed by atoms with Gasteiger partial charge in [0.1, 0.15) is 5.75 Å². The minimum atomic E-state index is -3.43. The lowest BCUT2D eigenvalue weighted by atomic mass is 9.98. The van der Waals surface area contributed by atoms with Crippen LogP contribution in [-0.4, -0.2) is 44.4 Å². The number of hydrogen-bond donors (Lipinski definition) is 1. The van der Waals surface area contributed by atoms with Crippen LogP contribution in [0.1, 0.15) is 18.4 Å². The molecule has 0 spiro atoms. The number of carbonyl (C=O) groups excluding carboxylic acids is 1. The van der Waals surface area contributed by atoms with Crippen molar-refractivity contribution in [3.8, 4) is 5.75 Å². The van der Waals surface area contributed by atoms with Crippen molar-refractivity contribution in [2.75, 3.05) is 19.6 Å². The summed E-state index contributed by atoms with van der Waals surface area (Å²) >= 11 is 0. The molecule has 0 bridgehead atoms. The van der Waals surface area contributed by atoms with E-state index < -0.39 is 16.1 Å². The Balaban J connectivity index is 1.26. The molecule has 2 aromatic carbocycles. The first kappa shape index (κ1) is 19.0. The first-order valence-electron chi connectivity index (χ1n) is 9.61. The van der Waals surface area contributed by atoms with Crippen LogP contribution in [0, 0.1) is 5.92 Å². The van der Waals surface area contributed by atoms with Gasteiger partial charge in [0.2, 0.25) is 10.0 Å². The maximum Gasteiger partial charge on any atom is 0.261 e. The van der Waals surface area contributed by atoms with Gasteiger partial charge in [-0.25, -0.2) is 8.42 Å². The molecular weight excluding hydrogens is 376 g/mol. The number of fused-ring (bicyclic) bond motifs is 1. The van der Waals surface area contributed by atoms with Crippen molar-refractivity contribution in [1.82, 2.24) is 9.62 Å². The number of nitrogens with zero attached hydrogens (tertiary/aromatic N) is 1. The normalized spacial score (nSPS) is 20.4. The van der Waals surface area contributed by atoms with Crippen LogP contribution in [0.5, 0.6) is 5.75 Å². The first-order chi connectivity index (χ1) is 13.5. The van der Waals surface area contributed by atoms with Gasteiger partial charge in [-0.15, -0.1) is 0 Å².